The Morgan fingerprint density at radius 1 is 0.824 bits per heavy atom. The first kappa shape index (κ1) is 13.6. The lowest BCUT2D eigenvalue weighted by Gasteiger charge is -2.19. The maximum absolute atomic E-state index is 12.2. The van der Waals surface area contributed by atoms with E-state index in [0.29, 0.717) is 0 Å². The van der Waals surface area contributed by atoms with Crippen LogP contribution in [0.5, 0.6) is 0 Å². The smallest absolute Gasteiger partial charge is 0.150 e. The lowest BCUT2D eigenvalue weighted by molar-refractivity contribution is -0.132. The van der Waals surface area contributed by atoms with Gasteiger partial charge in [0.2, 0.25) is 0 Å². The first-order valence-electron chi connectivity index (χ1n) is 6.07. The van der Waals surface area contributed by atoms with E-state index < -0.39 is 5.92 Å². The number of benzene rings is 1. The summed E-state index contributed by atoms with van der Waals surface area (Å²) in [5.41, 5.74) is 0.810. The molecule has 2 heteroatoms. The molecule has 0 atom stereocenters. The van der Waals surface area contributed by atoms with Crippen molar-refractivity contribution >= 4 is 11.6 Å². The molecule has 0 bridgehead atoms. The molecule has 0 aromatic heterocycles. The van der Waals surface area contributed by atoms with Gasteiger partial charge in [0.05, 0.1) is 0 Å². The van der Waals surface area contributed by atoms with Crippen molar-refractivity contribution in [2.75, 3.05) is 0 Å². The van der Waals surface area contributed by atoms with Crippen LogP contribution in [-0.4, -0.2) is 11.6 Å². The quantitative estimate of drug-likeness (QED) is 0.730. The van der Waals surface area contributed by atoms with Crippen LogP contribution in [0.2, 0.25) is 0 Å². The molecule has 17 heavy (non-hydrogen) atoms. The Bertz CT molecular complexity index is 371. The SMILES string of the molecule is CC(C)C(=O)C(C(=O)C(C)C)c1ccccc1. The van der Waals surface area contributed by atoms with Gasteiger partial charge in [-0.25, -0.2) is 0 Å². The molecular weight excluding hydrogens is 212 g/mol. The molecule has 0 aliphatic heterocycles. The van der Waals surface area contributed by atoms with Gasteiger partial charge in [-0.05, 0) is 5.56 Å². The van der Waals surface area contributed by atoms with Crippen molar-refractivity contribution in [2.24, 2.45) is 11.8 Å². The van der Waals surface area contributed by atoms with Crippen molar-refractivity contribution in [3.8, 4) is 0 Å². The van der Waals surface area contributed by atoms with E-state index in [9.17, 15) is 9.59 Å². The van der Waals surface area contributed by atoms with Gasteiger partial charge < -0.3 is 0 Å². The van der Waals surface area contributed by atoms with Crippen molar-refractivity contribution in [3.05, 3.63) is 35.9 Å². The summed E-state index contributed by atoms with van der Waals surface area (Å²) in [5, 5.41) is 0. The molecule has 0 spiro atoms. The fraction of sp³-hybridized carbons (Fsp3) is 0.467. The van der Waals surface area contributed by atoms with Gasteiger partial charge in [0.1, 0.15) is 17.5 Å². The Hall–Kier alpha value is -1.44. The van der Waals surface area contributed by atoms with E-state index in [1.54, 1.807) is 0 Å². The molecule has 0 aliphatic rings. The summed E-state index contributed by atoms with van der Waals surface area (Å²) in [6, 6.07) is 9.32. The second-order valence-corrected chi connectivity index (χ2v) is 4.96. The maximum Gasteiger partial charge on any atom is 0.150 e. The van der Waals surface area contributed by atoms with Crippen molar-refractivity contribution in [1.82, 2.24) is 0 Å². The van der Waals surface area contributed by atoms with E-state index >= 15 is 0 Å². The van der Waals surface area contributed by atoms with Crippen LogP contribution >= 0.6 is 0 Å². The van der Waals surface area contributed by atoms with E-state index in [1.807, 2.05) is 58.0 Å². The molecule has 0 aliphatic carbocycles. The van der Waals surface area contributed by atoms with Crippen LogP contribution in [0, 0.1) is 11.8 Å². The van der Waals surface area contributed by atoms with Gasteiger partial charge in [0.25, 0.3) is 0 Å². The van der Waals surface area contributed by atoms with Gasteiger partial charge in [-0.1, -0.05) is 58.0 Å². The molecule has 1 rings (SSSR count). The fourth-order valence-electron chi connectivity index (χ4n) is 1.78. The zero-order chi connectivity index (χ0) is 13.0. The van der Waals surface area contributed by atoms with Crippen molar-refractivity contribution in [3.63, 3.8) is 0 Å². The van der Waals surface area contributed by atoms with Gasteiger partial charge in [-0.2, -0.15) is 0 Å². The van der Waals surface area contributed by atoms with E-state index in [4.69, 9.17) is 0 Å². The number of Topliss-reactive ketones (excluding diaryl/α,β-unsaturated/α-hetero) is 2. The monoisotopic (exact) mass is 232 g/mol. The molecule has 0 amide bonds. The molecule has 0 fully saturated rings. The van der Waals surface area contributed by atoms with Gasteiger partial charge in [-0.3, -0.25) is 9.59 Å². The maximum atomic E-state index is 12.2. The number of hydrogen-bond acceptors (Lipinski definition) is 2. The Morgan fingerprint density at radius 3 is 1.59 bits per heavy atom. The topological polar surface area (TPSA) is 34.1 Å². The molecule has 0 saturated heterocycles. The van der Waals surface area contributed by atoms with E-state index in [2.05, 4.69) is 0 Å². The lowest BCUT2D eigenvalue weighted by Crippen LogP contribution is -2.28. The Balaban J connectivity index is 3.12. The molecule has 0 heterocycles. The number of hydrogen-bond donors (Lipinski definition) is 0. The molecular formula is C15H20O2. The fourth-order valence-corrected chi connectivity index (χ4v) is 1.78. The highest BCUT2D eigenvalue weighted by molar-refractivity contribution is 6.08. The zero-order valence-electron chi connectivity index (χ0n) is 10.9. The zero-order valence-corrected chi connectivity index (χ0v) is 10.9. The third-order valence-corrected chi connectivity index (χ3v) is 2.84. The first-order chi connectivity index (χ1) is 7.95. The normalized spacial score (nSPS) is 11.2. The average Bonchev–Trinajstić information content (AvgIpc) is 2.30. The Kier molecular flexibility index (Phi) is 4.62. The van der Waals surface area contributed by atoms with Crippen LogP contribution in [0.15, 0.2) is 30.3 Å². The van der Waals surface area contributed by atoms with Gasteiger partial charge in [0.15, 0.2) is 0 Å². The number of rotatable bonds is 5. The largest absolute Gasteiger partial charge is 0.298 e. The molecule has 92 valence electrons. The van der Waals surface area contributed by atoms with Crippen molar-refractivity contribution in [2.45, 2.75) is 33.6 Å². The Labute approximate surface area is 103 Å². The molecule has 0 saturated carbocycles. The van der Waals surface area contributed by atoms with Crippen LogP contribution < -0.4 is 0 Å². The minimum atomic E-state index is -0.601. The highest BCUT2D eigenvalue weighted by atomic mass is 16.2. The van der Waals surface area contributed by atoms with E-state index in [0.717, 1.165) is 5.56 Å². The molecule has 0 N–H and O–H groups in total. The standard InChI is InChI=1S/C15H20O2/c1-10(2)14(16)13(15(17)11(3)4)12-8-6-5-7-9-12/h5-11,13H,1-4H3. The molecule has 2 nitrogen and oxygen atoms in total. The summed E-state index contributed by atoms with van der Waals surface area (Å²) in [5.74, 6) is -0.827. The highest BCUT2D eigenvalue weighted by Gasteiger charge is 2.31. The van der Waals surface area contributed by atoms with Crippen molar-refractivity contribution < 1.29 is 9.59 Å². The van der Waals surface area contributed by atoms with Gasteiger partial charge in [0, 0.05) is 11.8 Å². The first-order valence-corrected chi connectivity index (χ1v) is 6.07. The lowest BCUT2D eigenvalue weighted by atomic mass is 9.82. The molecule has 0 unspecified atom stereocenters. The molecule has 1 aromatic rings. The van der Waals surface area contributed by atoms with E-state index in [1.165, 1.54) is 0 Å². The summed E-state index contributed by atoms with van der Waals surface area (Å²) >= 11 is 0. The predicted molar refractivity (Wildman–Crippen MR) is 68.9 cm³/mol. The van der Waals surface area contributed by atoms with Crippen LogP contribution in [0.1, 0.15) is 39.2 Å². The van der Waals surface area contributed by atoms with E-state index in [-0.39, 0.29) is 23.4 Å². The minimum absolute atomic E-state index is 0.00917. The number of ketones is 2. The van der Waals surface area contributed by atoms with Gasteiger partial charge >= 0.3 is 0 Å². The summed E-state index contributed by atoms with van der Waals surface area (Å²) < 4.78 is 0. The number of carbonyl (C=O) groups is 2. The summed E-state index contributed by atoms with van der Waals surface area (Å²) in [4.78, 5) is 24.3. The summed E-state index contributed by atoms with van der Waals surface area (Å²) in [6.45, 7) is 7.36. The predicted octanol–water partition coefficient (Wildman–Crippen LogP) is 3.22. The van der Waals surface area contributed by atoms with Crippen LogP contribution in [0.3, 0.4) is 0 Å². The highest BCUT2D eigenvalue weighted by Crippen LogP contribution is 2.24. The summed E-state index contributed by atoms with van der Waals surface area (Å²) in [6.07, 6.45) is 0. The van der Waals surface area contributed by atoms with Gasteiger partial charge in [-0.15, -0.1) is 0 Å². The third-order valence-electron chi connectivity index (χ3n) is 2.84. The minimum Gasteiger partial charge on any atom is -0.298 e. The second kappa shape index (κ2) is 5.76. The molecule has 0 radical (unpaired) electrons. The van der Waals surface area contributed by atoms with Crippen molar-refractivity contribution in [1.29, 1.82) is 0 Å². The van der Waals surface area contributed by atoms with Crippen LogP contribution in [-0.2, 0) is 9.59 Å². The van der Waals surface area contributed by atoms with Crippen LogP contribution in [0.4, 0.5) is 0 Å². The van der Waals surface area contributed by atoms with Crippen LogP contribution in [0.25, 0.3) is 0 Å². The summed E-state index contributed by atoms with van der Waals surface area (Å²) in [7, 11) is 0. The third kappa shape index (κ3) is 3.26. The number of carbonyl (C=O) groups excluding carboxylic acids is 2. The Morgan fingerprint density at radius 2 is 1.24 bits per heavy atom. The second-order valence-electron chi connectivity index (χ2n) is 4.96. The average molecular weight is 232 g/mol. The molecule has 1 aromatic carbocycles.